The van der Waals surface area contributed by atoms with Crippen molar-refractivity contribution in [2.45, 2.75) is 18.9 Å². The van der Waals surface area contributed by atoms with Crippen LogP contribution in [-0.4, -0.2) is 18.5 Å². The predicted octanol–water partition coefficient (Wildman–Crippen LogP) is 1.48. The number of hydrogen-bond donors (Lipinski definition) is 1. The molecule has 84 valence electrons. The Kier molecular flexibility index (Phi) is 3.06. The molecule has 1 aliphatic rings. The molecule has 2 rings (SSSR count). The van der Waals surface area contributed by atoms with Gasteiger partial charge < -0.3 is 10.6 Å². The molecule has 0 saturated heterocycles. The van der Waals surface area contributed by atoms with Gasteiger partial charge in [-0.05, 0) is 24.5 Å². The Morgan fingerprint density at radius 2 is 2.31 bits per heavy atom. The Bertz CT molecular complexity index is 414. The van der Waals surface area contributed by atoms with Gasteiger partial charge in [0.25, 0.3) is 0 Å². The topological polar surface area (TPSA) is 46.3 Å². The van der Waals surface area contributed by atoms with Crippen molar-refractivity contribution in [2.24, 2.45) is 5.73 Å². The molecule has 0 bridgehead atoms. The highest BCUT2D eigenvalue weighted by molar-refractivity contribution is 5.98. The molecule has 0 aliphatic carbocycles. The third-order valence-electron chi connectivity index (χ3n) is 2.89. The van der Waals surface area contributed by atoms with Crippen LogP contribution < -0.4 is 10.6 Å². The molecule has 3 nitrogen and oxygen atoms in total. The van der Waals surface area contributed by atoms with Crippen LogP contribution in [0.3, 0.4) is 0 Å². The summed E-state index contributed by atoms with van der Waals surface area (Å²) in [6.07, 6.45) is 3.13. The van der Waals surface area contributed by atoms with Crippen molar-refractivity contribution in [3.63, 3.8) is 0 Å². The van der Waals surface area contributed by atoms with E-state index in [9.17, 15) is 4.79 Å². The molecule has 0 aromatic heterocycles. The maximum atomic E-state index is 12.1. The maximum absolute atomic E-state index is 12.1. The molecular weight excluding hydrogens is 200 g/mol. The summed E-state index contributed by atoms with van der Waals surface area (Å²) in [5.74, 6) is -0.00940. The van der Waals surface area contributed by atoms with Gasteiger partial charge in [-0.3, -0.25) is 4.79 Å². The first-order chi connectivity index (χ1) is 7.74. The second-order valence-corrected chi connectivity index (χ2v) is 4.00. The van der Waals surface area contributed by atoms with Gasteiger partial charge in [-0.1, -0.05) is 24.3 Å². The molecule has 16 heavy (non-hydrogen) atoms. The lowest BCUT2D eigenvalue weighted by Gasteiger charge is -2.20. The lowest BCUT2D eigenvalue weighted by atomic mass is 10.1. The Labute approximate surface area is 95.6 Å². The second kappa shape index (κ2) is 4.49. The quantitative estimate of drug-likeness (QED) is 0.778. The fourth-order valence-electron chi connectivity index (χ4n) is 2.05. The molecule has 1 aliphatic heterocycles. The number of amides is 1. The van der Waals surface area contributed by atoms with Gasteiger partial charge in [-0.2, -0.15) is 0 Å². The van der Waals surface area contributed by atoms with E-state index in [2.05, 4.69) is 12.6 Å². The average molecular weight is 216 g/mol. The fourth-order valence-corrected chi connectivity index (χ4v) is 2.05. The summed E-state index contributed by atoms with van der Waals surface area (Å²) in [4.78, 5) is 13.8. The van der Waals surface area contributed by atoms with Crippen LogP contribution in [0.2, 0.25) is 0 Å². The van der Waals surface area contributed by atoms with Crippen molar-refractivity contribution >= 4 is 11.6 Å². The van der Waals surface area contributed by atoms with Crippen molar-refractivity contribution in [3.8, 4) is 0 Å². The van der Waals surface area contributed by atoms with E-state index in [-0.39, 0.29) is 5.91 Å². The molecule has 0 radical (unpaired) electrons. The van der Waals surface area contributed by atoms with Gasteiger partial charge in [-0.25, -0.2) is 0 Å². The van der Waals surface area contributed by atoms with Crippen molar-refractivity contribution in [3.05, 3.63) is 42.5 Å². The van der Waals surface area contributed by atoms with E-state index in [1.54, 1.807) is 11.0 Å². The van der Waals surface area contributed by atoms with E-state index in [0.29, 0.717) is 6.42 Å². The van der Waals surface area contributed by atoms with Crippen molar-refractivity contribution in [1.82, 2.24) is 0 Å². The van der Waals surface area contributed by atoms with Crippen LogP contribution >= 0.6 is 0 Å². The summed E-state index contributed by atoms with van der Waals surface area (Å²) >= 11 is 0. The highest BCUT2D eigenvalue weighted by Gasteiger charge is 2.27. The maximum Gasteiger partial charge on any atom is 0.244 e. The molecule has 1 aromatic rings. The van der Waals surface area contributed by atoms with Gasteiger partial charge in [0.1, 0.15) is 0 Å². The third-order valence-corrected chi connectivity index (χ3v) is 2.89. The normalized spacial score (nSPS) is 15.7. The molecule has 0 saturated carbocycles. The van der Waals surface area contributed by atoms with Gasteiger partial charge in [0.15, 0.2) is 0 Å². The number of benzene rings is 1. The number of nitrogens with zero attached hydrogens (tertiary/aromatic N) is 1. The monoisotopic (exact) mass is 216 g/mol. The first kappa shape index (κ1) is 10.9. The number of rotatable bonds is 3. The number of para-hydroxylation sites is 1. The van der Waals surface area contributed by atoms with Crippen LogP contribution in [0.1, 0.15) is 12.0 Å². The van der Waals surface area contributed by atoms with E-state index in [0.717, 1.165) is 18.7 Å². The van der Waals surface area contributed by atoms with Gasteiger partial charge in [0, 0.05) is 12.2 Å². The van der Waals surface area contributed by atoms with E-state index in [4.69, 9.17) is 5.73 Å². The molecule has 1 heterocycles. The summed E-state index contributed by atoms with van der Waals surface area (Å²) in [5.41, 5.74) is 8.03. The van der Waals surface area contributed by atoms with Crippen LogP contribution in [0.5, 0.6) is 0 Å². The summed E-state index contributed by atoms with van der Waals surface area (Å²) in [6, 6.07) is 7.51. The third kappa shape index (κ3) is 1.86. The van der Waals surface area contributed by atoms with Crippen LogP contribution in [0, 0.1) is 0 Å². The molecule has 0 spiro atoms. The van der Waals surface area contributed by atoms with Gasteiger partial charge in [0.05, 0.1) is 6.04 Å². The number of fused-ring (bicyclic) bond motifs is 1. The number of nitrogens with two attached hydrogens (primary N) is 1. The Hall–Kier alpha value is -1.61. The first-order valence-corrected chi connectivity index (χ1v) is 5.50. The summed E-state index contributed by atoms with van der Waals surface area (Å²) in [5, 5.41) is 0. The number of hydrogen-bond acceptors (Lipinski definition) is 2. The van der Waals surface area contributed by atoms with Crippen LogP contribution in [0.15, 0.2) is 36.9 Å². The van der Waals surface area contributed by atoms with Crippen LogP contribution in [0.25, 0.3) is 0 Å². The van der Waals surface area contributed by atoms with Crippen LogP contribution in [0.4, 0.5) is 5.69 Å². The summed E-state index contributed by atoms with van der Waals surface area (Å²) < 4.78 is 0. The molecule has 1 amide bonds. The van der Waals surface area contributed by atoms with Crippen molar-refractivity contribution in [2.75, 3.05) is 11.4 Å². The van der Waals surface area contributed by atoms with E-state index in [1.807, 2.05) is 18.2 Å². The average Bonchev–Trinajstić information content (AvgIpc) is 2.72. The lowest BCUT2D eigenvalue weighted by Crippen LogP contribution is -2.42. The fraction of sp³-hybridized carbons (Fsp3) is 0.308. The van der Waals surface area contributed by atoms with Crippen molar-refractivity contribution in [1.29, 1.82) is 0 Å². The van der Waals surface area contributed by atoms with Gasteiger partial charge in [0.2, 0.25) is 5.91 Å². The summed E-state index contributed by atoms with van der Waals surface area (Å²) in [7, 11) is 0. The second-order valence-electron chi connectivity index (χ2n) is 4.00. The van der Waals surface area contributed by atoms with E-state index < -0.39 is 6.04 Å². The molecule has 0 fully saturated rings. The number of carbonyl (C=O) groups excluding carboxylic acids is 1. The Morgan fingerprint density at radius 3 is 3.06 bits per heavy atom. The largest absolute Gasteiger partial charge is 0.320 e. The lowest BCUT2D eigenvalue weighted by molar-refractivity contribution is -0.119. The van der Waals surface area contributed by atoms with E-state index in [1.165, 1.54) is 5.56 Å². The van der Waals surface area contributed by atoms with Gasteiger partial charge >= 0.3 is 0 Å². The van der Waals surface area contributed by atoms with Gasteiger partial charge in [-0.15, -0.1) is 6.58 Å². The molecule has 1 aromatic carbocycles. The Balaban J connectivity index is 2.19. The minimum Gasteiger partial charge on any atom is -0.320 e. The highest BCUT2D eigenvalue weighted by atomic mass is 16.2. The highest BCUT2D eigenvalue weighted by Crippen LogP contribution is 2.27. The molecule has 1 unspecified atom stereocenters. The predicted molar refractivity (Wildman–Crippen MR) is 65.3 cm³/mol. The van der Waals surface area contributed by atoms with Crippen LogP contribution in [-0.2, 0) is 11.2 Å². The summed E-state index contributed by atoms with van der Waals surface area (Å²) in [6.45, 7) is 4.34. The smallest absolute Gasteiger partial charge is 0.244 e. The van der Waals surface area contributed by atoms with E-state index >= 15 is 0 Å². The molecule has 2 N–H and O–H groups in total. The SMILES string of the molecule is C=CCC(N)C(=O)N1CCc2ccccc21. The minimum atomic E-state index is -0.469. The molecule has 1 atom stereocenters. The van der Waals surface area contributed by atoms with Crippen molar-refractivity contribution < 1.29 is 4.79 Å². The Morgan fingerprint density at radius 1 is 1.56 bits per heavy atom. The minimum absolute atomic E-state index is 0.00940. The number of carbonyl (C=O) groups is 1. The molecule has 3 heteroatoms. The molecular formula is C13H16N2O. The zero-order chi connectivity index (χ0) is 11.5. The standard InChI is InChI=1S/C13H16N2O/c1-2-5-11(14)13(16)15-9-8-10-6-3-4-7-12(10)15/h2-4,6-7,11H,1,5,8-9,14H2. The number of anilines is 1. The zero-order valence-corrected chi connectivity index (χ0v) is 9.23. The zero-order valence-electron chi connectivity index (χ0n) is 9.23. The first-order valence-electron chi connectivity index (χ1n) is 5.50.